The van der Waals surface area contributed by atoms with Crippen molar-refractivity contribution < 1.29 is 9.47 Å². The molecule has 4 nitrogen and oxygen atoms in total. The average Bonchev–Trinajstić information content (AvgIpc) is 2.67. The third-order valence-electron chi connectivity index (χ3n) is 5.99. The van der Waals surface area contributed by atoms with Gasteiger partial charge in [0.1, 0.15) is 11.5 Å². The zero-order valence-electron chi connectivity index (χ0n) is 16.4. The summed E-state index contributed by atoms with van der Waals surface area (Å²) >= 11 is 0. The highest BCUT2D eigenvalue weighted by atomic mass is 16.5. The molecule has 0 aliphatic carbocycles. The van der Waals surface area contributed by atoms with Gasteiger partial charge in [-0.25, -0.2) is 0 Å². The fraction of sp³-hybridized carbons (Fsp3) is 0.714. The molecule has 0 bridgehead atoms. The summed E-state index contributed by atoms with van der Waals surface area (Å²) in [7, 11) is 3.63. The van der Waals surface area contributed by atoms with Gasteiger partial charge in [-0.05, 0) is 51.4 Å². The Balaban J connectivity index is 1.97. The van der Waals surface area contributed by atoms with Crippen molar-refractivity contribution in [2.45, 2.75) is 65.1 Å². The molecule has 2 aliphatic heterocycles. The minimum absolute atomic E-state index is 0.598. The standard InChI is InChI=1S/C21H34N2O2/c1-5-17-13-18-19(15-23(17)6-2)20(24-3)12-16(21(18)25-4)14-22-10-8-7-9-11-22/h12,17H,5-11,13-15H2,1-4H3. The molecule has 0 amide bonds. The Labute approximate surface area is 153 Å². The van der Waals surface area contributed by atoms with Crippen LogP contribution in [0.1, 0.15) is 56.2 Å². The van der Waals surface area contributed by atoms with Crippen LogP contribution in [-0.2, 0) is 19.5 Å². The maximum atomic E-state index is 5.95. The second-order valence-electron chi connectivity index (χ2n) is 7.39. The number of hydrogen-bond acceptors (Lipinski definition) is 4. The molecule has 1 fully saturated rings. The number of benzene rings is 1. The number of hydrogen-bond donors (Lipinski definition) is 0. The van der Waals surface area contributed by atoms with Gasteiger partial charge in [-0.3, -0.25) is 9.80 Å². The number of likely N-dealkylation sites (tertiary alicyclic amines) is 1. The Bertz CT molecular complexity index is 582. The van der Waals surface area contributed by atoms with Crippen LogP contribution in [0.25, 0.3) is 0 Å². The van der Waals surface area contributed by atoms with Crippen molar-refractivity contribution in [1.82, 2.24) is 9.80 Å². The first kappa shape index (κ1) is 18.5. The monoisotopic (exact) mass is 346 g/mol. The van der Waals surface area contributed by atoms with E-state index < -0.39 is 0 Å². The summed E-state index contributed by atoms with van der Waals surface area (Å²) in [4.78, 5) is 5.13. The van der Waals surface area contributed by atoms with Crippen LogP contribution < -0.4 is 9.47 Å². The van der Waals surface area contributed by atoms with Crippen LogP contribution in [-0.4, -0.2) is 49.7 Å². The number of likely N-dealkylation sites (N-methyl/N-ethyl adjacent to an activating group) is 1. The molecule has 25 heavy (non-hydrogen) atoms. The summed E-state index contributed by atoms with van der Waals surface area (Å²) in [5.41, 5.74) is 4.00. The van der Waals surface area contributed by atoms with E-state index in [9.17, 15) is 0 Å². The highest BCUT2D eigenvalue weighted by Gasteiger charge is 2.30. The Hall–Kier alpha value is -1.26. The number of nitrogens with zero attached hydrogens (tertiary/aromatic N) is 2. The van der Waals surface area contributed by atoms with Crippen LogP contribution in [0, 0.1) is 0 Å². The lowest BCUT2D eigenvalue weighted by atomic mass is 9.89. The molecular formula is C21H34N2O2. The van der Waals surface area contributed by atoms with E-state index in [4.69, 9.17) is 9.47 Å². The summed E-state index contributed by atoms with van der Waals surface area (Å²) < 4.78 is 11.7. The number of piperidine rings is 1. The molecule has 0 spiro atoms. The number of methoxy groups -OCH3 is 2. The predicted octanol–water partition coefficient (Wildman–Crippen LogP) is 3.85. The van der Waals surface area contributed by atoms with E-state index in [2.05, 4.69) is 29.7 Å². The molecule has 2 heterocycles. The van der Waals surface area contributed by atoms with Crippen LogP contribution in [0.15, 0.2) is 6.07 Å². The van der Waals surface area contributed by atoms with E-state index in [1.54, 1.807) is 7.11 Å². The zero-order valence-corrected chi connectivity index (χ0v) is 16.4. The van der Waals surface area contributed by atoms with Gasteiger partial charge in [-0.1, -0.05) is 20.3 Å². The molecule has 3 rings (SSSR count). The Morgan fingerprint density at radius 1 is 1.04 bits per heavy atom. The molecule has 0 radical (unpaired) electrons. The van der Waals surface area contributed by atoms with Crippen LogP contribution in [0.3, 0.4) is 0 Å². The van der Waals surface area contributed by atoms with Gasteiger partial charge in [0.05, 0.1) is 14.2 Å². The molecular weight excluding hydrogens is 312 g/mol. The first-order chi connectivity index (χ1) is 12.2. The average molecular weight is 347 g/mol. The minimum Gasteiger partial charge on any atom is -0.496 e. The van der Waals surface area contributed by atoms with Gasteiger partial charge in [0.15, 0.2) is 0 Å². The molecule has 2 aliphatic rings. The van der Waals surface area contributed by atoms with E-state index in [1.807, 2.05) is 7.11 Å². The van der Waals surface area contributed by atoms with Crippen molar-refractivity contribution in [2.75, 3.05) is 33.9 Å². The van der Waals surface area contributed by atoms with Crippen LogP contribution in [0.2, 0.25) is 0 Å². The quantitative estimate of drug-likeness (QED) is 0.781. The van der Waals surface area contributed by atoms with Gasteiger partial charge in [-0.2, -0.15) is 0 Å². The molecule has 4 heteroatoms. The van der Waals surface area contributed by atoms with Crippen molar-refractivity contribution in [3.63, 3.8) is 0 Å². The molecule has 1 aromatic rings. The largest absolute Gasteiger partial charge is 0.496 e. The summed E-state index contributed by atoms with van der Waals surface area (Å²) in [6.07, 6.45) is 6.23. The third-order valence-corrected chi connectivity index (χ3v) is 5.99. The SMILES string of the molecule is CCC1Cc2c(c(OC)cc(CN3CCCCC3)c2OC)CN1CC. The first-order valence-electron chi connectivity index (χ1n) is 9.93. The normalized spacial score (nSPS) is 21.8. The molecule has 1 saturated heterocycles. The van der Waals surface area contributed by atoms with Crippen LogP contribution in [0.5, 0.6) is 11.5 Å². The van der Waals surface area contributed by atoms with Crippen molar-refractivity contribution in [3.8, 4) is 11.5 Å². The van der Waals surface area contributed by atoms with Gasteiger partial charge >= 0.3 is 0 Å². The summed E-state index contributed by atoms with van der Waals surface area (Å²) in [5.74, 6) is 2.14. The second-order valence-corrected chi connectivity index (χ2v) is 7.39. The van der Waals surface area contributed by atoms with Crippen LogP contribution in [0.4, 0.5) is 0 Å². The van der Waals surface area contributed by atoms with Gasteiger partial charge < -0.3 is 9.47 Å². The highest BCUT2D eigenvalue weighted by molar-refractivity contribution is 5.55. The van der Waals surface area contributed by atoms with E-state index in [1.165, 1.54) is 55.5 Å². The molecule has 140 valence electrons. The van der Waals surface area contributed by atoms with Gasteiger partial charge in [0, 0.05) is 35.8 Å². The smallest absolute Gasteiger partial charge is 0.127 e. The highest BCUT2D eigenvalue weighted by Crippen LogP contribution is 2.40. The van der Waals surface area contributed by atoms with Crippen molar-refractivity contribution in [2.24, 2.45) is 0 Å². The molecule has 1 aromatic carbocycles. The van der Waals surface area contributed by atoms with E-state index in [0.717, 1.165) is 37.6 Å². The van der Waals surface area contributed by atoms with Gasteiger partial charge in [-0.15, -0.1) is 0 Å². The van der Waals surface area contributed by atoms with E-state index in [-0.39, 0.29) is 0 Å². The molecule has 1 atom stereocenters. The fourth-order valence-corrected chi connectivity index (χ4v) is 4.56. The molecule has 0 saturated carbocycles. The topological polar surface area (TPSA) is 24.9 Å². The lowest BCUT2D eigenvalue weighted by molar-refractivity contribution is 0.170. The van der Waals surface area contributed by atoms with Gasteiger partial charge in [0.25, 0.3) is 0 Å². The minimum atomic E-state index is 0.598. The second kappa shape index (κ2) is 8.41. The number of fused-ring (bicyclic) bond motifs is 1. The first-order valence-corrected chi connectivity index (χ1v) is 9.93. The summed E-state index contributed by atoms with van der Waals surface area (Å²) in [6.45, 7) is 9.96. The van der Waals surface area contributed by atoms with E-state index >= 15 is 0 Å². The Morgan fingerprint density at radius 3 is 2.40 bits per heavy atom. The summed E-state index contributed by atoms with van der Waals surface area (Å²) in [5, 5.41) is 0. The van der Waals surface area contributed by atoms with E-state index in [0.29, 0.717) is 6.04 Å². The number of rotatable bonds is 6. The van der Waals surface area contributed by atoms with Crippen LogP contribution >= 0.6 is 0 Å². The van der Waals surface area contributed by atoms with Crippen molar-refractivity contribution >= 4 is 0 Å². The van der Waals surface area contributed by atoms with Gasteiger partial charge in [0.2, 0.25) is 0 Å². The lowest BCUT2D eigenvalue weighted by Gasteiger charge is -2.38. The third kappa shape index (κ3) is 3.80. The zero-order chi connectivity index (χ0) is 17.8. The van der Waals surface area contributed by atoms with Crippen molar-refractivity contribution in [1.29, 1.82) is 0 Å². The lowest BCUT2D eigenvalue weighted by Crippen LogP contribution is -2.40. The Kier molecular flexibility index (Phi) is 6.24. The maximum absolute atomic E-state index is 5.95. The fourth-order valence-electron chi connectivity index (χ4n) is 4.56. The molecule has 0 N–H and O–H groups in total. The molecule has 0 aromatic heterocycles. The predicted molar refractivity (Wildman–Crippen MR) is 103 cm³/mol. The summed E-state index contributed by atoms with van der Waals surface area (Å²) in [6, 6.07) is 2.83. The van der Waals surface area contributed by atoms with Crippen molar-refractivity contribution in [3.05, 3.63) is 22.8 Å². The maximum Gasteiger partial charge on any atom is 0.127 e. The molecule has 1 unspecified atom stereocenters. The Morgan fingerprint density at radius 2 is 1.80 bits per heavy atom. The number of ether oxygens (including phenoxy) is 2.